The van der Waals surface area contributed by atoms with E-state index in [1.165, 1.54) is 36.8 Å². The summed E-state index contributed by atoms with van der Waals surface area (Å²) in [5.74, 6) is 0.878. The minimum Gasteiger partial charge on any atom is -0.399 e. The summed E-state index contributed by atoms with van der Waals surface area (Å²) in [6.45, 7) is 2.35. The van der Waals surface area contributed by atoms with Crippen molar-refractivity contribution in [1.29, 1.82) is 0 Å². The number of aromatic nitrogens is 2. The van der Waals surface area contributed by atoms with E-state index in [1.807, 2.05) is 18.3 Å². The lowest BCUT2D eigenvalue weighted by atomic mass is 9.87. The second kappa shape index (κ2) is 5.08. The zero-order chi connectivity index (χ0) is 13.2. The van der Waals surface area contributed by atoms with Crippen LogP contribution in [0.25, 0.3) is 11.1 Å². The second-order valence-electron chi connectivity index (χ2n) is 5.74. The normalized spacial score (nSPS) is 23.4. The van der Waals surface area contributed by atoms with Gasteiger partial charge in [-0.05, 0) is 49.3 Å². The Hall–Kier alpha value is -1.77. The van der Waals surface area contributed by atoms with Crippen molar-refractivity contribution in [2.24, 2.45) is 5.92 Å². The average molecular weight is 255 g/mol. The van der Waals surface area contributed by atoms with Crippen LogP contribution in [0.5, 0.6) is 0 Å². The van der Waals surface area contributed by atoms with E-state index < -0.39 is 0 Å². The van der Waals surface area contributed by atoms with E-state index in [0.717, 1.165) is 11.6 Å². The topological polar surface area (TPSA) is 43.8 Å². The highest BCUT2D eigenvalue weighted by Gasteiger charge is 2.20. The van der Waals surface area contributed by atoms with Crippen LogP contribution in [-0.4, -0.2) is 9.78 Å². The van der Waals surface area contributed by atoms with Gasteiger partial charge >= 0.3 is 0 Å². The first-order valence-electron chi connectivity index (χ1n) is 7.12. The van der Waals surface area contributed by atoms with E-state index >= 15 is 0 Å². The van der Waals surface area contributed by atoms with Crippen molar-refractivity contribution in [2.75, 3.05) is 5.73 Å². The fourth-order valence-corrected chi connectivity index (χ4v) is 2.87. The molecular formula is C16H21N3. The van der Waals surface area contributed by atoms with Crippen LogP contribution in [0, 0.1) is 5.92 Å². The maximum atomic E-state index is 5.72. The van der Waals surface area contributed by atoms with E-state index in [4.69, 9.17) is 5.73 Å². The van der Waals surface area contributed by atoms with Crippen LogP contribution in [-0.2, 0) is 0 Å². The predicted octanol–water partition coefficient (Wildman–Crippen LogP) is 3.88. The van der Waals surface area contributed by atoms with E-state index in [0.29, 0.717) is 6.04 Å². The number of rotatable bonds is 2. The summed E-state index contributed by atoms with van der Waals surface area (Å²) >= 11 is 0. The van der Waals surface area contributed by atoms with Crippen molar-refractivity contribution in [3.05, 3.63) is 36.7 Å². The number of nitrogens with zero attached hydrogens (tertiary/aromatic N) is 2. The summed E-state index contributed by atoms with van der Waals surface area (Å²) in [6.07, 6.45) is 9.28. The van der Waals surface area contributed by atoms with Gasteiger partial charge in [0.25, 0.3) is 0 Å². The maximum Gasteiger partial charge on any atom is 0.0568 e. The summed E-state index contributed by atoms with van der Waals surface area (Å²) in [4.78, 5) is 0. The van der Waals surface area contributed by atoms with Crippen LogP contribution in [0.2, 0.25) is 0 Å². The van der Waals surface area contributed by atoms with Crippen molar-refractivity contribution >= 4 is 5.69 Å². The maximum absolute atomic E-state index is 5.72. The standard InChI is InChI=1S/C16H21N3/c1-12-2-8-16(9-3-12)19-11-14(10-18-19)13-4-6-15(17)7-5-13/h4-7,10-12,16H,2-3,8-9,17H2,1H3. The molecule has 3 rings (SSSR count). The van der Waals surface area contributed by atoms with E-state index in [-0.39, 0.29) is 0 Å². The number of hydrogen-bond donors (Lipinski definition) is 1. The molecule has 1 aromatic heterocycles. The quantitative estimate of drug-likeness (QED) is 0.827. The third-order valence-corrected chi connectivity index (χ3v) is 4.21. The molecule has 0 bridgehead atoms. The van der Waals surface area contributed by atoms with Gasteiger partial charge in [0.2, 0.25) is 0 Å². The molecule has 100 valence electrons. The fourth-order valence-electron chi connectivity index (χ4n) is 2.87. The van der Waals surface area contributed by atoms with E-state index in [2.05, 4.69) is 35.0 Å². The Morgan fingerprint density at radius 2 is 1.74 bits per heavy atom. The van der Waals surface area contributed by atoms with E-state index in [1.54, 1.807) is 0 Å². The minimum absolute atomic E-state index is 0.582. The summed E-state index contributed by atoms with van der Waals surface area (Å²) in [5, 5.41) is 4.55. The number of benzene rings is 1. The minimum atomic E-state index is 0.582. The molecule has 0 spiro atoms. The van der Waals surface area contributed by atoms with Gasteiger partial charge in [-0.2, -0.15) is 5.10 Å². The van der Waals surface area contributed by atoms with Gasteiger partial charge in [0.1, 0.15) is 0 Å². The zero-order valence-electron chi connectivity index (χ0n) is 11.4. The lowest BCUT2D eigenvalue weighted by Crippen LogP contribution is -2.16. The van der Waals surface area contributed by atoms with Crippen molar-refractivity contribution in [1.82, 2.24) is 9.78 Å². The van der Waals surface area contributed by atoms with Gasteiger partial charge in [-0.3, -0.25) is 4.68 Å². The van der Waals surface area contributed by atoms with Crippen molar-refractivity contribution < 1.29 is 0 Å². The molecule has 1 aromatic carbocycles. The first-order chi connectivity index (χ1) is 9.22. The second-order valence-corrected chi connectivity index (χ2v) is 5.74. The summed E-state index contributed by atoms with van der Waals surface area (Å²) in [7, 11) is 0. The average Bonchev–Trinajstić information content (AvgIpc) is 2.90. The Morgan fingerprint density at radius 3 is 2.42 bits per heavy atom. The van der Waals surface area contributed by atoms with Gasteiger partial charge in [-0.15, -0.1) is 0 Å². The van der Waals surface area contributed by atoms with E-state index in [9.17, 15) is 0 Å². The van der Waals surface area contributed by atoms with Crippen molar-refractivity contribution in [3.63, 3.8) is 0 Å². The fraction of sp³-hybridized carbons (Fsp3) is 0.438. The molecule has 19 heavy (non-hydrogen) atoms. The monoisotopic (exact) mass is 255 g/mol. The first kappa shape index (κ1) is 12.3. The van der Waals surface area contributed by atoms with Gasteiger partial charge in [0.05, 0.1) is 12.2 Å². The molecule has 1 saturated carbocycles. The number of nitrogens with two attached hydrogens (primary N) is 1. The highest BCUT2D eigenvalue weighted by atomic mass is 15.3. The van der Waals surface area contributed by atoms with Crippen LogP contribution in [0.3, 0.4) is 0 Å². The lowest BCUT2D eigenvalue weighted by molar-refractivity contribution is 0.274. The Kier molecular flexibility index (Phi) is 3.28. The molecule has 2 N–H and O–H groups in total. The van der Waals surface area contributed by atoms with Gasteiger partial charge < -0.3 is 5.73 Å². The molecule has 0 aliphatic heterocycles. The van der Waals surface area contributed by atoms with Crippen LogP contribution in [0.1, 0.15) is 38.6 Å². The van der Waals surface area contributed by atoms with Crippen molar-refractivity contribution in [3.8, 4) is 11.1 Å². The van der Waals surface area contributed by atoms with Gasteiger partial charge in [-0.1, -0.05) is 19.1 Å². The Balaban J connectivity index is 1.77. The molecular weight excluding hydrogens is 234 g/mol. The number of nitrogen functional groups attached to an aromatic ring is 1. The highest BCUT2D eigenvalue weighted by molar-refractivity contribution is 5.63. The van der Waals surface area contributed by atoms with Gasteiger partial charge in [0.15, 0.2) is 0 Å². The smallest absolute Gasteiger partial charge is 0.0568 e. The molecule has 0 radical (unpaired) electrons. The van der Waals surface area contributed by atoms with Crippen LogP contribution in [0.4, 0.5) is 5.69 Å². The van der Waals surface area contributed by atoms with Gasteiger partial charge in [0, 0.05) is 17.4 Å². The molecule has 1 fully saturated rings. The van der Waals surface area contributed by atoms with Crippen LogP contribution < -0.4 is 5.73 Å². The molecule has 2 aromatic rings. The third kappa shape index (κ3) is 2.65. The molecule has 3 nitrogen and oxygen atoms in total. The Morgan fingerprint density at radius 1 is 1.05 bits per heavy atom. The molecule has 0 atom stereocenters. The lowest BCUT2D eigenvalue weighted by Gasteiger charge is -2.26. The molecule has 0 saturated heterocycles. The summed E-state index contributed by atoms with van der Waals surface area (Å²) in [5.41, 5.74) is 8.89. The third-order valence-electron chi connectivity index (χ3n) is 4.21. The van der Waals surface area contributed by atoms with Crippen LogP contribution >= 0.6 is 0 Å². The molecule has 0 unspecified atom stereocenters. The first-order valence-corrected chi connectivity index (χ1v) is 7.12. The zero-order valence-corrected chi connectivity index (χ0v) is 11.4. The SMILES string of the molecule is CC1CCC(n2cc(-c3ccc(N)cc3)cn2)CC1. The molecule has 1 aliphatic carbocycles. The largest absolute Gasteiger partial charge is 0.399 e. The molecule has 1 aliphatic rings. The molecule has 1 heterocycles. The summed E-state index contributed by atoms with van der Waals surface area (Å²) in [6, 6.07) is 8.57. The number of anilines is 1. The Bertz CT molecular complexity index is 533. The van der Waals surface area contributed by atoms with Crippen LogP contribution in [0.15, 0.2) is 36.7 Å². The molecule has 3 heteroatoms. The molecule has 0 amide bonds. The predicted molar refractivity (Wildman–Crippen MR) is 78.7 cm³/mol. The number of hydrogen-bond acceptors (Lipinski definition) is 2. The van der Waals surface area contributed by atoms with Crippen molar-refractivity contribution in [2.45, 2.75) is 38.6 Å². The Labute approximate surface area is 114 Å². The summed E-state index contributed by atoms with van der Waals surface area (Å²) < 4.78 is 2.15. The van der Waals surface area contributed by atoms with Gasteiger partial charge in [-0.25, -0.2) is 0 Å². The highest BCUT2D eigenvalue weighted by Crippen LogP contribution is 2.32.